The van der Waals surface area contributed by atoms with E-state index in [2.05, 4.69) is 39.5 Å². The molecule has 0 N–H and O–H groups in total. The molecule has 0 nitrogen and oxygen atoms in total. The van der Waals surface area contributed by atoms with Crippen LogP contribution in [0, 0.1) is 0 Å². The molecule has 84 valence electrons. The van der Waals surface area contributed by atoms with Crippen LogP contribution in [0.1, 0.15) is 22.2 Å². The van der Waals surface area contributed by atoms with Crippen LogP contribution in [0.4, 0.5) is 0 Å². The number of halogens is 2. The van der Waals surface area contributed by atoms with Crippen molar-refractivity contribution < 1.29 is 0 Å². The molecule has 1 unspecified atom stereocenters. The normalized spacial score (nSPS) is 12.6. The highest BCUT2D eigenvalue weighted by molar-refractivity contribution is 9.10. The highest BCUT2D eigenvalue weighted by atomic mass is 79.9. The minimum absolute atomic E-state index is 0.107. The summed E-state index contributed by atoms with van der Waals surface area (Å²) in [6, 6.07) is 12.3. The molecular weight excluding hydrogens is 304 g/mol. The Bertz CT molecular complexity index is 438. The first-order valence-electron chi connectivity index (χ1n) is 5.18. The summed E-state index contributed by atoms with van der Waals surface area (Å²) >= 11 is 11.7. The van der Waals surface area contributed by atoms with Gasteiger partial charge in [-0.2, -0.15) is 0 Å². The number of alkyl halides is 1. The third-order valence-electron chi connectivity index (χ3n) is 2.48. The van der Waals surface area contributed by atoms with Crippen molar-refractivity contribution in [3.63, 3.8) is 0 Å². The van der Waals surface area contributed by atoms with Crippen LogP contribution in [0.3, 0.4) is 0 Å². The van der Waals surface area contributed by atoms with Crippen molar-refractivity contribution in [2.75, 3.05) is 0 Å². The van der Waals surface area contributed by atoms with Crippen LogP contribution in [0.2, 0.25) is 0 Å². The Morgan fingerprint density at radius 3 is 2.56 bits per heavy atom. The minimum atomic E-state index is 0.107. The second-order valence-electron chi connectivity index (χ2n) is 3.61. The molecule has 1 aromatic heterocycles. The molecule has 1 heterocycles. The second kappa shape index (κ2) is 5.85. The Hall–Kier alpha value is -0.310. The fourth-order valence-electron chi connectivity index (χ4n) is 1.59. The molecule has 0 spiro atoms. The lowest BCUT2D eigenvalue weighted by molar-refractivity contribution is 0.801. The highest BCUT2D eigenvalue weighted by Crippen LogP contribution is 2.30. The van der Waals surface area contributed by atoms with E-state index in [-0.39, 0.29) is 5.38 Å². The fourth-order valence-corrected chi connectivity index (χ4v) is 3.41. The third kappa shape index (κ3) is 3.09. The molecule has 0 amide bonds. The van der Waals surface area contributed by atoms with E-state index in [1.165, 1.54) is 14.9 Å². The summed E-state index contributed by atoms with van der Waals surface area (Å²) in [6.45, 7) is 0. The van der Waals surface area contributed by atoms with E-state index in [4.69, 9.17) is 11.6 Å². The third-order valence-corrected chi connectivity index (χ3v) is 4.93. The summed E-state index contributed by atoms with van der Waals surface area (Å²) < 4.78 is 1.20. The molecule has 1 aromatic carbocycles. The molecule has 3 heteroatoms. The smallest absolute Gasteiger partial charge is 0.0588 e. The van der Waals surface area contributed by atoms with Crippen LogP contribution in [0.25, 0.3) is 0 Å². The summed E-state index contributed by atoms with van der Waals surface area (Å²) in [4.78, 5) is 1.38. The number of benzene rings is 1. The van der Waals surface area contributed by atoms with Crippen molar-refractivity contribution in [1.29, 1.82) is 0 Å². The van der Waals surface area contributed by atoms with Gasteiger partial charge in [-0.25, -0.2) is 0 Å². The minimum Gasteiger partial charge on any atom is -0.148 e. The summed E-state index contributed by atoms with van der Waals surface area (Å²) in [5, 5.41) is 2.21. The van der Waals surface area contributed by atoms with Crippen molar-refractivity contribution in [2.24, 2.45) is 0 Å². The molecule has 0 saturated heterocycles. The predicted octanol–water partition coefficient (Wildman–Crippen LogP) is 5.42. The Kier molecular flexibility index (Phi) is 4.45. The van der Waals surface area contributed by atoms with Crippen molar-refractivity contribution in [3.8, 4) is 0 Å². The topological polar surface area (TPSA) is 0 Å². The van der Waals surface area contributed by atoms with Crippen LogP contribution < -0.4 is 0 Å². The zero-order chi connectivity index (χ0) is 11.4. The molecule has 1 atom stereocenters. The summed E-state index contributed by atoms with van der Waals surface area (Å²) in [7, 11) is 0. The van der Waals surface area contributed by atoms with Gasteiger partial charge in [-0.3, -0.25) is 0 Å². The number of thiophene rings is 1. The SMILES string of the molecule is ClC(CCc1sccc1Br)c1ccccc1. The van der Waals surface area contributed by atoms with Gasteiger partial charge in [-0.15, -0.1) is 22.9 Å². The van der Waals surface area contributed by atoms with Crippen molar-refractivity contribution in [3.05, 3.63) is 56.7 Å². The van der Waals surface area contributed by atoms with Crippen LogP contribution in [-0.4, -0.2) is 0 Å². The van der Waals surface area contributed by atoms with Gasteiger partial charge in [0, 0.05) is 9.35 Å². The lowest BCUT2D eigenvalue weighted by atomic mass is 10.1. The van der Waals surface area contributed by atoms with Gasteiger partial charge in [-0.05, 0) is 45.8 Å². The Balaban J connectivity index is 1.94. The highest BCUT2D eigenvalue weighted by Gasteiger charge is 2.09. The standard InChI is InChI=1S/C13H12BrClS/c14-11-8-9-16-13(11)7-6-12(15)10-4-2-1-3-5-10/h1-5,8-9,12H,6-7H2. The van der Waals surface area contributed by atoms with Gasteiger partial charge < -0.3 is 0 Å². The van der Waals surface area contributed by atoms with E-state index in [1.807, 2.05) is 18.2 Å². The van der Waals surface area contributed by atoms with E-state index >= 15 is 0 Å². The van der Waals surface area contributed by atoms with Gasteiger partial charge in [0.25, 0.3) is 0 Å². The lowest BCUT2D eigenvalue weighted by Gasteiger charge is -2.08. The van der Waals surface area contributed by atoms with Crippen LogP contribution in [0.5, 0.6) is 0 Å². The van der Waals surface area contributed by atoms with Gasteiger partial charge in [-0.1, -0.05) is 30.3 Å². The first kappa shape index (κ1) is 12.2. The van der Waals surface area contributed by atoms with E-state index in [0.717, 1.165) is 12.8 Å². The molecule has 0 aliphatic heterocycles. The molecular formula is C13H12BrClS. The molecule has 0 saturated carbocycles. The molecule has 0 aliphatic rings. The Morgan fingerprint density at radius 2 is 1.94 bits per heavy atom. The average molecular weight is 316 g/mol. The van der Waals surface area contributed by atoms with Crippen LogP contribution in [0.15, 0.2) is 46.3 Å². The predicted molar refractivity (Wildman–Crippen MR) is 75.4 cm³/mol. The maximum absolute atomic E-state index is 6.36. The molecule has 0 fully saturated rings. The van der Waals surface area contributed by atoms with Gasteiger partial charge >= 0.3 is 0 Å². The van der Waals surface area contributed by atoms with E-state index < -0.39 is 0 Å². The quantitative estimate of drug-likeness (QED) is 0.661. The van der Waals surface area contributed by atoms with Crippen molar-refractivity contribution >= 4 is 38.9 Å². The summed E-state index contributed by atoms with van der Waals surface area (Å²) in [6.07, 6.45) is 2.01. The molecule has 2 aromatic rings. The summed E-state index contributed by atoms with van der Waals surface area (Å²) in [5.41, 5.74) is 1.21. The van der Waals surface area contributed by atoms with Gasteiger partial charge in [0.05, 0.1) is 5.38 Å². The average Bonchev–Trinajstić information content (AvgIpc) is 2.73. The zero-order valence-electron chi connectivity index (χ0n) is 8.70. The first-order valence-corrected chi connectivity index (χ1v) is 7.29. The van der Waals surface area contributed by atoms with Gasteiger partial charge in [0.1, 0.15) is 0 Å². The van der Waals surface area contributed by atoms with Gasteiger partial charge in [0.2, 0.25) is 0 Å². The van der Waals surface area contributed by atoms with Crippen LogP contribution >= 0.6 is 38.9 Å². The van der Waals surface area contributed by atoms with E-state index in [9.17, 15) is 0 Å². The fraction of sp³-hybridized carbons (Fsp3) is 0.231. The molecule has 0 radical (unpaired) electrons. The zero-order valence-corrected chi connectivity index (χ0v) is 11.9. The monoisotopic (exact) mass is 314 g/mol. The largest absolute Gasteiger partial charge is 0.148 e. The molecule has 0 bridgehead atoms. The maximum atomic E-state index is 6.36. The summed E-state index contributed by atoms with van der Waals surface area (Å²) in [5.74, 6) is 0. The van der Waals surface area contributed by atoms with Crippen LogP contribution in [-0.2, 0) is 6.42 Å². The van der Waals surface area contributed by atoms with Gasteiger partial charge in [0.15, 0.2) is 0 Å². The Morgan fingerprint density at radius 1 is 1.19 bits per heavy atom. The number of aryl methyl sites for hydroxylation is 1. The number of hydrogen-bond donors (Lipinski definition) is 0. The number of hydrogen-bond acceptors (Lipinski definition) is 1. The lowest BCUT2D eigenvalue weighted by Crippen LogP contribution is -1.92. The van der Waals surface area contributed by atoms with E-state index in [1.54, 1.807) is 11.3 Å². The molecule has 0 aliphatic carbocycles. The second-order valence-corrected chi connectivity index (χ2v) is 5.99. The Labute approximate surface area is 113 Å². The first-order chi connectivity index (χ1) is 7.77. The van der Waals surface area contributed by atoms with Crippen molar-refractivity contribution in [1.82, 2.24) is 0 Å². The number of rotatable bonds is 4. The molecule has 16 heavy (non-hydrogen) atoms. The van der Waals surface area contributed by atoms with E-state index in [0.29, 0.717) is 0 Å². The molecule has 2 rings (SSSR count). The van der Waals surface area contributed by atoms with Crippen molar-refractivity contribution in [2.45, 2.75) is 18.2 Å². The maximum Gasteiger partial charge on any atom is 0.0588 e.